The maximum atomic E-state index is 13.2. The summed E-state index contributed by atoms with van der Waals surface area (Å²) >= 11 is 0. The fraction of sp³-hybridized carbons (Fsp3) is 0.417. The lowest BCUT2D eigenvalue weighted by molar-refractivity contribution is -0.118. The summed E-state index contributed by atoms with van der Waals surface area (Å²) in [6.45, 7) is 7.59. The zero-order chi connectivity index (χ0) is 20.8. The summed E-state index contributed by atoms with van der Waals surface area (Å²) < 4.78 is 0. The lowest BCUT2D eigenvalue weighted by Crippen LogP contribution is -2.33. The second kappa shape index (κ2) is 9.59. The van der Waals surface area contributed by atoms with E-state index in [0.29, 0.717) is 11.3 Å². The standard InChI is InChI=1S/C24H31N3O2/c1-17(2)23(28)26-20-12-13-22(27-14-8-5-9-15-27)21(16-20)24(29)25-18(3)19-10-6-4-7-11-19/h4,6-7,10-13,16-18H,5,8-9,14-15H2,1-3H3,(H,25,29)(H,26,28)/t18-/m0/s1. The number of amides is 2. The van der Waals surface area contributed by atoms with Gasteiger partial charge >= 0.3 is 0 Å². The van der Waals surface area contributed by atoms with Gasteiger partial charge in [0, 0.05) is 30.4 Å². The van der Waals surface area contributed by atoms with Gasteiger partial charge in [-0.15, -0.1) is 0 Å². The van der Waals surface area contributed by atoms with Crippen LogP contribution in [0.15, 0.2) is 48.5 Å². The monoisotopic (exact) mass is 393 g/mol. The van der Waals surface area contributed by atoms with Crippen molar-refractivity contribution in [2.45, 2.75) is 46.1 Å². The molecule has 5 nitrogen and oxygen atoms in total. The van der Waals surface area contributed by atoms with Gasteiger partial charge in [-0.1, -0.05) is 44.2 Å². The topological polar surface area (TPSA) is 61.4 Å². The molecule has 0 unspecified atom stereocenters. The van der Waals surface area contributed by atoms with Crippen LogP contribution in [0.4, 0.5) is 11.4 Å². The fourth-order valence-electron chi connectivity index (χ4n) is 3.59. The summed E-state index contributed by atoms with van der Waals surface area (Å²) in [6, 6.07) is 15.5. The lowest BCUT2D eigenvalue weighted by Gasteiger charge is -2.31. The van der Waals surface area contributed by atoms with E-state index < -0.39 is 0 Å². The first-order valence-corrected chi connectivity index (χ1v) is 10.5. The van der Waals surface area contributed by atoms with Crippen molar-refractivity contribution < 1.29 is 9.59 Å². The highest BCUT2D eigenvalue weighted by molar-refractivity contribution is 6.02. The SMILES string of the molecule is CC(C)C(=O)Nc1ccc(N2CCCCC2)c(C(=O)N[C@@H](C)c2ccccc2)c1. The molecular formula is C24H31N3O2. The van der Waals surface area contributed by atoms with Gasteiger partial charge < -0.3 is 15.5 Å². The lowest BCUT2D eigenvalue weighted by atomic mass is 10.0. The molecule has 0 aliphatic carbocycles. The number of carbonyl (C=O) groups excluding carboxylic acids is 2. The minimum atomic E-state index is -0.123. The van der Waals surface area contributed by atoms with E-state index in [4.69, 9.17) is 0 Å². The molecule has 2 amide bonds. The van der Waals surface area contributed by atoms with Crippen LogP contribution in [0.1, 0.15) is 62.0 Å². The maximum Gasteiger partial charge on any atom is 0.253 e. The molecule has 0 aromatic heterocycles. The molecule has 0 bridgehead atoms. The van der Waals surface area contributed by atoms with E-state index in [-0.39, 0.29) is 23.8 Å². The van der Waals surface area contributed by atoms with Crippen LogP contribution >= 0.6 is 0 Å². The second-order valence-corrected chi connectivity index (χ2v) is 8.03. The number of benzene rings is 2. The first-order valence-electron chi connectivity index (χ1n) is 10.5. The van der Waals surface area contributed by atoms with Crippen molar-refractivity contribution in [2.24, 2.45) is 5.92 Å². The molecule has 1 atom stereocenters. The van der Waals surface area contributed by atoms with Crippen LogP contribution in [0.2, 0.25) is 0 Å². The Balaban J connectivity index is 1.87. The van der Waals surface area contributed by atoms with Gasteiger partial charge in [-0.05, 0) is 49.9 Å². The zero-order valence-electron chi connectivity index (χ0n) is 17.6. The Hall–Kier alpha value is -2.82. The average molecular weight is 394 g/mol. The van der Waals surface area contributed by atoms with Crippen LogP contribution in [-0.2, 0) is 4.79 Å². The number of hydrogen-bond acceptors (Lipinski definition) is 3. The van der Waals surface area contributed by atoms with Gasteiger partial charge in [-0.2, -0.15) is 0 Å². The van der Waals surface area contributed by atoms with Crippen molar-refractivity contribution in [3.05, 3.63) is 59.7 Å². The van der Waals surface area contributed by atoms with Crippen molar-refractivity contribution in [3.63, 3.8) is 0 Å². The summed E-state index contributed by atoms with van der Waals surface area (Å²) in [6.07, 6.45) is 3.49. The van der Waals surface area contributed by atoms with Gasteiger partial charge in [-0.3, -0.25) is 9.59 Å². The third kappa shape index (κ3) is 5.37. The minimum Gasteiger partial charge on any atom is -0.371 e. The van der Waals surface area contributed by atoms with Crippen molar-refractivity contribution in [3.8, 4) is 0 Å². The van der Waals surface area contributed by atoms with Gasteiger partial charge in [0.15, 0.2) is 0 Å². The number of nitrogens with one attached hydrogen (secondary N) is 2. The molecule has 2 aromatic rings. The average Bonchev–Trinajstić information content (AvgIpc) is 2.74. The molecule has 154 valence electrons. The number of anilines is 2. The summed E-state index contributed by atoms with van der Waals surface area (Å²) in [5, 5.41) is 6.03. The van der Waals surface area contributed by atoms with Crippen molar-refractivity contribution >= 4 is 23.2 Å². The van der Waals surface area contributed by atoms with Crippen LogP contribution < -0.4 is 15.5 Å². The number of nitrogens with zero attached hydrogens (tertiary/aromatic N) is 1. The van der Waals surface area contributed by atoms with Crippen molar-refractivity contribution in [1.29, 1.82) is 0 Å². The quantitative estimate of drug-likeness (QED) is 0.744. The molecule has 1 heterocycles. The molecular weight excluding hydrogens is 362 g/mol. The van der Waals surface area contributed by atoms with Gasteiger partial charge in [0.25, 0.3) is 5.91 Å². The van der Waals surface area contributed by atoms with Crippen LogP contribution in [0.5, 0.6) is 0 Å². The highest BCUT2D eigenvalue weighted by Crippen LogP contribution is 2.28. The molecule has 3 rings (SSSR count). The molecule has 5 heteroatoms. The van der Waals surface area contributed by atoms with E-state index in [9.17, 15) is 9.59 Å². The molecule has 1 fully saturated rings. The summed E-state index contributed by atoms with van der Waals surface area (Å²) in [5.41, 5.74) is 3.26. The van der Waals surface area contributed by atoms with E-state index in [1.54, 1.807) is 6.07 Å². The number of hydrogen-bond donors (Lipinski definition) is 2. The Bertz CT molecular complexity index is 842. The predicted octanol–water partition coefficient (Wildman–Crippen LogP) is 4.76. The Labute approximate surface area is 173 Å². The van der Waals surface area contributed by atoms with Crippen LogP contribution in [0, 0.1) is 5.92 Å². The van der Waals surface area contributed by atoms with E-state index in [2.05, 4.69) is 15.5 Å². The number of rotatable bonds is 6. The van der Waals surface area contributed by atoms with E-state index in [0.717, 1.165) is 37.2 Å². The van der Waals surface area contributed by atoms with Gasteiger partial charge in [0.1, 0.15) is 0 Å². The van der Waals surface area contributed by atoms with Crippen molar-refractivity contribution in [2.75, 3.05) is 23.3 Å². The highest BCUT2D eigenvalue weighted by atomic mass is 16.2. The first-order chi connectivity index (χ1) is 14.0. The molecule has 0 spiro atoms. The third-order valence-electron chi connectivity index (χ3n) is 5.38. The van der Waals surface area contributed by atoms with E-state index in [1.807, 2.05) is 63.2 Å². The predicted molar refractivity (Wildman–Crippen MR) is 118 cm³/mol. The molecule has 2 N–H and O–H groups in total. The van der Waals surface area contributed by atoms with Crippen LogP contribution in [0.3, 0.4) is 0 Å². The van der Waals surface area contributed by atoms with Crippen molar-refractivity contribution in [1.82, 2.24) is 5.32 Å². The normalized spacial score (nSPS) is 15.1. The molecule has 0 saturated carbocycles. The second-order valence-electron chi connectivity index (χ2n) is 8.03. The molecule has 0 radical (unpaired) electrons. The first kappa shape index (κ1) is 20.9. The van der Waals surface area contributed by atoms with Gasteiger partial charge in [-0.25, -0.2) is 0 Å². The fourth-order valence-corrected chi connectivity index (χ4v) is 3.59. The Kier molecular flexibility index (Phi) is 6.91. The third-order valence-corrected chi connectivity index (χ3v) is 5.38. The molecule has 1 saturated heterocycles. The summed E-state index contributed by atoms with van der Waals surface area (Å²) in [4.78, 5) is 27.6. The molecule has 1 aliphatic heterocycles. The molecule has 29 heavy (non-hydrogen) atoms. The minimum absolute atomic E-state index is 0.0558. The smallest absolute Gasteiger partial charge is 0.253 e. The summed E-state index contributed by atoms with van der Waals surface area (Å²) in [7, 11) is 0. The van der Waals surface area contributed by atoms with E-state index >= 15 is 0 Å². The van der Waals surface area contributed by atoms with Crippen LogP contribution in [-0.4, -0.2) is 24.9 Å². The Morgan fingerprint density at radius 2 is 1.62 bits per heavy atom. The summed E-state index contributed by atoms with van der Waals surface area (Å²) in [5.74, 6) is -0.297. The number of carbonyl (C=O) groups is 2. The zero-order valence-corrected chi connectivity index (χ0v) is 17.6. The Morgan fingerprint density at radius 1 is 0.931 bits per heavy atom. The Morgan fingerprint density at radius 3 is 2.28 bits per heavy atom. The van der Waals surface area contributed by atoms with Gasteiger partial charge in [0.05, 0.1) is 11.6 Å². The van der Waals surface area contributed by atoms with Gasteiger partial charge in [0.2, 0.25) is 5.91 Å². The maximum absolute atomic E-state index is 13.2. The van der Waals surface area contributed by atoms with Crippen LogP contribution in [0.25, 0.3) is 0 Å². The molecule has 1 aliphatic rings. The highest BCUT2D eigenvalue weighted by Gasteiger charge is 2.21. The van der Waals surface area contributed by atoms with E-state index in [1.165, 1.54) is 6.42 Å². The largest absolute Gasteiger partial charge is 0.371 e. The number of piperidine rings is 1. The molecule has 2 aromatic carbocycles.